The van der Waals surface area contributed by atoms with E-state index >= 15 is 0 Å². The molecule has 1 saturated heterocycles. The molecular weight excluding hydrogens is 484 g/mol. The highest BCUT2D eigenvalue weighted by Crippen LogP contribution is 2.29. The maximum absolute atomic E-state index is 13.2. The van der Waals surface area contributed by atoms with E-state index in [1.807, 2.05) is 6.92 Å². The lowest BCUT2D eigenvalue weighted by atomic mass is 9.92. The van der Waals surface area contributed by atoms with Crippen LogP contribution in [0.1, 0.15) is 64.2 Å². The summed E-state index contributed by atoms with van der Waals surface area (Å²) in [5, 5.41) is 5.00. The van der Waals surface area contributed by atoms with Crippen molar-refractivity contribution in [2.24, 2.45) is 11.8 Å². The molecular formula is C26H36N2O9. The molecule has 2 amide bonds. The van der Waals surface area contributed by atoms with Gasteiger partial charge in [0.25, 0.3) is 5.91 Å². The van der Waals surface area contributed by atoms with Gasteiger partial charge < -0.3 is 29.6 Å². The molecule has 0 unspecified atom stereocenters. The largest absolute Gasteiger partial charge is 0.494 e. The molecule has 1 aromatic rings. The SMILES string of the molecule is CCCC[C@H]1C(=O)O[C@H](C)[C@H](NC(=O)c2cccc(NC=O)c2OC)C(=O)O[C@@H](C)[C@@H]1OC(=O)C(C)C. The van der Waals surface area contributed by atoms with Crippen LogP contribution < -0.4 is 15.4 Å². The normalized spacial score (nSPS) is 24.0. The Balaban J connectivity index is 2.38. The Morgan fingerprint density at radius 2 is 1.78 bits per heavy atom. The molecule has 11 heteroatoms. The molecule has 11 nitrogen and oxygen atoms in total. The predicted molar refractivity (Wildman–Crippen MR) is 133 cm³/mol. The molecule has 0 aliphatic carbocycles. The number of carbonyl (C=O) groups excluding carboxylic acids is 5. The number of hydrogen-bond donors (Lipinski definition) is 2. The van der Waals surface area contributed by atoms with Gasteiger partial charge in [-0.3, -0.25) is 19.2 Å². The zero-order chi connectivity index (χ0) is 27.7. The van der Waals surface area contributed by atoms with Crippen molar-refractivity contribution >= 4 is 35.9 Å². The average molecular weight is 521 g/mol. The molecule has 1 aromatic carbocycles. The van der Waals surface area contributed by atoms with E-state index in [1.165, 1.54) is 33.1 Å². The van der Waals surface area contributed by atoms with Crippen molar-refractivity contribution in [3.05, 3.63) is 23.8 Å². The highest BCUT2D eigenvalue weighted by Gasteiger charge is 2.44. The molecule has 1 heterocycles. The van der Waals surface area contributed by atoms with Crippen molar-refractivity contribution in [3.8, 4) is 5.75 Å². The van der Waals surface area contributed by atoms with Crippen LogP contribution in [0.5, 0.6) is 5.75 Å². The lowest BCUT2D eigenvalue weighted by molar-refractivity contribution is -0.177. The Labute approximate surface area is 216 Å². The van der Waals surface area contributed by atoms with E-state index in [0.29, 0.717) is 19.3 Å². The number of rotatable bonds is 10. The molecule has 0 saturated carbocycles. The standard InChI is InChI=1S/C26H36N2O9/c1-7-8-10-18-21(37-24(31)14(2)3)16(5)36-26(33)20(15(4)35-25(18)32)28-23(30)17-11-9-12-19(27-13-29)22(17)34-6/h9,11-16,18,20-21H,7-8,10H2,1-6H3,(H,27,29)(H,28,30)/t15-,16+,18-,20+,21+/m1/s1. The number of methoxy groups -OCH3 is 1. The van der Waals surface area contributed by atoms with E-state index in [1.54, 1.807) is 19.9 Å². The van der Waals surface area contributed by atoms with Crippen molar-refractivity contribution in [1.29, 1.82) is 0 Å². The van der Waals surface area contributed by atoms with Crippen LogP contribution in [0.2, 0.25) is 0 Å². The van der Waals surface area contributed by atoms with E-state index in [4.69, 9.17) is 18.9 Å². The third-order valence-electron chi connectivity index (χ3n) is 6.05. The van der Waals surface area contributed by atoms with Crippen molar-refractivity contribution in [2.75, 3.05) is 12.4 Å². The van der Waals surface area contributed by atoms with Gasteiger partial charge >= 0.3 is 17.9 Å². The van der Waals surface area contributed by atoms with Crippen LogP contribution in [-0.2, 0) is 33.4 Å². The number of carbonyl (C=O) groups is 5. The summed E-state index contributed by atoms with van der Waals surface area (Å²) in [5.41, 5.74) is 0.294. The zero-order valence-electron chi connectivity index (χ0n) is 22.1. The molecule has 2 rings (SSSR count). The molecule has 5 atom stereocenters. The van der Waals surface area contributed by atoms with Crippen LogP contribution in [0.4, 0.5) is 5.69 Å². The molecule has 2 N–H and O–H groups in total. The number of para-hydroxylation sites is 1. The molecule has 204 valence electrons. The maximum atomic E-state index is 13.2. The Morgan fingerprint density at radius 3 is 2.38 bits per heavy atom. The molecule has 1 fully saturated rings. The minimum absolute atomic E-state index is 0.0400. The van der Waals surface area contributed by atoms with E-state index in [9.17, 15) is 24.0 Å². The van der Waals surface area contributed by atoms with Crippen molar-refractivity contribution in [3.63, 3.8) is 0 Å². The van der Waals surface area contributed by atoms with Gasteiger partial charge in [-0.2, -0.15) is 0 Å². The second-order valence-corrected chi connectivity index (χ2v) is 9.19. The number of unbranched alkanes of at least 4 members (excludes halogenated alkanes) is 1. The van der Waals surface area contributed by atoms with Crippen molar-refractivity contribution < 1.29 is 42.9 Å². The predicted octanol–water partition coefficient (Wildman–Crippen LogP) is 2.61. The van der Waals surface area contributed by atoms with Crippen LogP contribution in [0.25, 0.3) is 0 Å². The Morgan fingerprint density at radius 1 is 1.11 bits per heavy atom. The quantitative estimate of drug-likeness (QED) is 0.270. The monoisotopic (exact) mass is 520 g/mol. The summed E-state index contributed by atoms with van der Waals surface area (Å²) in [6.07, 6.45) is -0.871. The second kappa shape index (κ2) is 13.6. The summed E-state index contributed by atoms with van der Waals surface area (Å²) < 4.78 is 22.1. The summed E-state index contributed by atoms with van der Waals surface area (Å²) in [6.45, 7) is 8.29. The van der Waals surface area contributed by atoms with E-state index < -0.39 is 60.0 Å². The first-order valence-electron chi connectivity index (χ1n) is 12.3. The molecule has 0 bridgehead atoms. The number of amides is 2. The minimum atomic E-state index is -1.36. The topological polar surface area (TPSA) is 146 Å². The van der Waals surface area contributed by atoms with Gasteiger partial charge in [-0.1, -0.05) is 39.7 Å². The summed E-state index contributed by atoms with van der Waals surface area (Å²) in [7, 11) is 1.33. The average Bonchev–Trinajstić information content (AvgIpc) is 2.87. The van der Waals surface area contributed by atoms with Crippen LogP contribution in [0.15, 0.2) is 18.2 Å². The number of esters is 3. The number of hydrogen-bond acceptors (Lipinski definition) is 9. The summed E-state index contributed by atoms with van der Waals surface area (Å²) in [4.78, 5) is 62.8. The van der Waals surface area contributed by atoms with E-state index in [-0.39, 0.29) is 17.0 Å². The van der Waals surface area contributed by atoms with Gasteiger partial charge in [-0.15, -0.1) is 0 Å². The molecule has 0 aromatic heterocycles. The van der Waals surface area contributed by atoms with Gasteiger partial charge in [-0.25, -0.2) is 4.79 Å². The lowest BCUT2D eigenvalue weighted by Crippen LogP contribution is -2.50. The van der Waals surface area contributed by atoms with Gasteiger partial charge in [0.2, 0.25) is 6.41 Å². The van der Waals surface area contributed by atoms with Gasteiger partial charge in [0, 0.05) is 0 Å². The van der Waals surface area contributed by atoms with Crippen LogP contribution in [0, 0.1) is 11.8 Å². The number of ether oxygens (including phenoxy) is 4. The molecule has 0 radical (unpaired) electrons. The van der Waals surface area contributed by atoms with Crippen LogP contribution >= 0.6 is 0 Å². The molecule has 1 aliphatic heterocycles. The van der Waals surface area contributed by atoms with Crippen LogP contribution in [-0.4, -0.2) is 61.7 Å². The zero-order valence-corrected chi connectivity index (χ0v) is 22.1. The molecule has 0 spiro atoms. The first-order valence-corrected chi connectivity index (χ1v) is 12.3. The fourth-order valence-electron chi connectivity index (χ4n) is 3.98. The number of anilines is 1. The summed E-state index contributed by atoms with van der Waals surface area (Å²) in [5.74, 6) is -3.98. The fraction of sp³-hybridized carbons (Fsp3) is 0.577. The van der Waals surface area contributed by atoms with Gasteiger partial charge in [0.05, 0.1) is 30.2 Å². The third kappa shape index (κ3) is 7.43. The number of cyclic esters (lactones) is 2. The van der Waals surface area contributed by atoms with Gasteiger partial charge in [-0.05, 0) is 32.4 Å². The Bertz CT molecular complexity index is 994. The maximum Gasteiger partial charge on any atom is 0.332 e. The fourth-order valence-corrected chi connectivity index (χ4v) is 3.98. The minimum Gasteiger partial charge on any atom is -0.494 e. The highest BCUT2D eigenvalue weighted by atomic mass is 16.6. The smallest absolute Gasteiger partial charge is 0.332 e. The van der Waals surface area contributed by atoms with Gasteiger partial charge in [0.15, 0.2) is 17.9 Å². The van der Waals surface area contributed by atoms with Crippen molar-refractivity contribution in [1.82, 2.24) is 5.32 Å². The molecule has 37 heavy (non-hydrogen) atoms. The first-order chi connectivity index (χ1) is 17.5. The summed E-state index contributed by atoms with van der Waals surface area (Å²) >= 11 is 0. The van der Waals surface area contributed by atoms with Crippen LogP contribution in [0.3, 0.4) is 0 Å². The number of nitrogens with one attached hydrogen (secondary N) is 2. The Kier molecular flexibility index (Phi) is 10.9. The molecule has 1 aliphatic rings. The third-order valence-corrected chi connectivity index (χ3v) is 6.05. The number of benzene rings is 1. The van der Waals surface area contributed by atoms with E-state index in [0.717, 1.165) is 6.42 Å². The first kappa shape index (κ1) is 29.6. The van der Waals surface area contributed by atoms with Crippen molar-refractivity contribution in [2.45, 2.75) is 78.2 Å². The Hall–Kier alpha value is -3.63. The highest BCUT2D eigenvalue weighted by molar-refractivity contribution is 6.01. The van der Waals surface area contributed by atoms with E-state index in [2.05, 4.69) is 10.6 Å². The summed E-state index contributed by atoms with van der Waals surface area (Å²) in [6, 6.07) is 3.16. The lowest BCUT2D eigenvalue weighted by Gasteiger charge is -2.29. The second-order valence-electron chi connectivity index (χ2n) is 9.19. The van der Waals surface area contributed by atoms with Gasteiger partial charge in [0.1, 0.15) is 12.2 Å².